The summed E-state index contributed by atoms with van der Waals surface area (Å²) in [6.45, 7) is 5.87. The number of morpholine rings is 1. The van der Waals surface area contributed by atoms with E-state index in [2.05, 4.69) is 25.1 Å². The highest BCUT2D eigenvalue weighted by molar-refractivity contribution is 5.94. The minimum Gasteiger partial charge on any atom is -0.496 e. The van der Waals surface area contributed by atoms with Crippen LogP contribution in [0.1, 0.15) is 37.7 Å². The number of methoxy groups -OCH3 is 1. The van der Waals surface area contributed by atoms with Crippen molar-refractivity contribution in [2.75, 3.05) is 31.7 Å². The number of rotatable bonds is 4. The van der Waals surface area contributed by atoms with Crippen LogP contribution in [0.15, 0.2) is 28.9 Å². The van der Waals surface area contributed by atoms with Crippen LogP contribution in [0, 0.1) is 0 Å². The first-order valence-electron chi connectivity index (χ1n) is 8.65. The van der Waals surface area contributed by atoms with Crippen molar-refractivity contribution in [2.45, 2.75) is 25.9 Å². The van der Waals surface area contributed by atoms with Crippen LogP contribution in [0.25, 0.3) is 10.9 Å². The molecule has 1 aromatic carbocycles. The van der Waals surface area contributed by atoms with Crippen molar-refractivity contribution in [2.24, 2.45) is 0 Å². The van der Waals surface area contributed by atoms with E-state index in [9.17, 15) is 0 Å². The lowest BCUT2D eigenvalue weighted by molar-refractivity contribution is 0.0212. The SMILES string of the molecule is COc1cccc2ncnc(N3CCOC(c4nnc(C(C)C)o4)C3)c12. The van der Waals surface area contributed by atoms with Gasteiger partial charge in [-0.15, -0.1) is 10.2 Å². The van der Waals surface area contributed by atoms with Crippen molar-refractivity contribution in [3.05, 3.63) is 36.3 Å². The van der Waals surface area contributed by atoms with E-state index in [4.69, 9.17) is 13.9 Å². The lowest BCUT2D eigenvalue weighted by Crippen LogP contribution is -2.39. The van der Waals surface area contributed by atoms with Gasteiger partial charge in [-0.2, -0.15) is 0 Å². The first-order valence-corrected chi connectivity index (χ1v) is 8.65. The Morgan fingerprint density at radius 2 is 2.12 bits per heavy atom. The van der Waals surface area contributed by atoms with Crippen molar-refractivity contribution < 1.29 is 13.9 Å². The molecule has 0 aliphatic carbocycles. The molecule has 0 N–H and O–H groups in total. The Balaban J connectivity index is 1.67. The number of hydrogen-bond donors (Lipinski definition) is 0. The smallest absolute Gasteiger partial charge is 0.247 e. The Bertz CT molecular complexity index is 905. The quantitative estimate of drug-likeness (QED) is 0.706. The molecule has 0 saturated carbocycles. The Morgan fingerprint density at radius 3 is 2.88 bits per heavy atom. The van der Waals surface area contributed by atoms with Gasteiger partial charge in [0.05, 0.1) is 31.2 Å². The van der Waals surface area contributed by atoms with E-state index in [-0.39, 0.29) is 12.0 Å². The van der Waals surface area contributed by atoms with Crippen LogP contribution in [-0.2, 0) is 4.74 Å². The molecule has 0 spiro atoms. The monoisotopic (exact) mass is 355 g/mol. The van der Waals surface area contributed by atoms with Crippen LogP contribution in [0.5, 0.6) is 5.75 Å². The fourth-order valence-electron chi connectivity index (χ4n) is 3.07. The summed E-state index contributed by atoms with van der Waals surface area (Å²) in [6.07, 6.45) is 1.29. The van der Waals surface area contributed by atoms with Gasteiger partial charge < -0.3 is 18.8 Å². The van der Waals surface area contributed by atoms with Crippen LogP contribution >= 0.6 is 0 Å². The number of benzene rings is 1. The van der Waals surface area contributed by atoms with Gasteiger partial charge in [-0.3, -0.25) is 0 Å². The maximum absolute atomic E-state index is 5.86. The zero-order valence-corrected chi connectivity index (χ0v) is 15.0. The summed E-state index contributed by atoms with van der Waals surface area (Å²) < 4.78 is 17.2. The van der Waals surface area contributed by atoms with Gasteiger partial charge in [-0.1, -0.05) is 19.9 Å². The molecule has 0 radical (unpaired) electrons. The van der Waals surface area contributed by atoms with Crippen molar-refractivity contribution in [3.63, 3.8) is 0 Å². The summed E-state index contributed by atoms with van der Waals surface area (Å²) in [6, 6.07) is 5.79. The molecule has 1 aliphatic heterocycles. The van der Waals surface area contributed by atoms with Gasteiger partial charge in [-0.05, 0) is 12.1 Å². The van der Waals surface area contributed by atoms with Crippen molar-refractivity contribution in [1.82, 2.24) is 20.2 Å². The average Bonchev–Trinajstić information content (AvgIpc) is 3.18. The minimum atomic E-state index is -0.288. The molecule has 1 atom stereocenters. The van der Waals surface area contributed by atoms with Gasteiger partial charge in [0.25, 0.3) is 0 Å². The molecule has 8 nitrogen and oxygen atoms in total. The Morgan fingerprint density at radius 1 is 1.23 bits per heavy atom. The lowest BCUT2D eigenvalue weighted by Gasteiger charge is -2.32. The molecule has 1 fully saturated rings. The molecular weight excluding hydrogens is 334 g/mol. The van der Waals surface area contributed by atoms with Crippen molar-refractivity contribution >= 4 is 16.7 Å². The fourth-order valence-corrected chi connectivity index (χ4v) is 3.07. The molecule has 3 heterocycles. The van der Waals surface area contributed by atoms with E-state index in [1.54, 1.807) is 13.4 Å². The summed E-state index contributed by atoms with van der Waals surface area (Å²) in [5.41, 5.74) is 0.845. The molecule has 3 aromatic rings. The normalized spacial score (nSPS) is 17.8. The van der Waals surface area contributed by atoms with Crippen LogP contribution < -0.4 is 9.64 Å². The summed E-state index contributed by atoms with van der Waals surface area (Å²) >= 11 is 0. The van der Waals surface area contributed by atoms with E-state index in [0.29, 0.717) is 31.5 Å². The number of aromatic nitrogens is 4. The topological polar surface area (TPSA) is 86.4 Å². The van der Waals surface area contributed by atoms with E-state index in [0.717, 1.165) is 22.5 Å². The third-order valence-corrected chi connectivity index (χ3v) is 4.42. The number of nitrogens with zero attached hydrogens (tertiary/aromatic N) is 5. The molecule has 4 rings (SSSR count). The van der Waals surface area contributed by atoms with E-state index < -0.39 is 0 Å². The molecule has 8 heteroatoms. The van der Waals surface area contributed by atoms with Gasteiger partial charge in [0.2, 0.25) is 11.8 Å². The van der Waals surface area contributed by atoms with Crippen LogP contribution in [0.2, 0.25) is 0 Å². The maximum Gasteiger partial charge on any atom is 0.247 e. The molecule has 1 unspecified atom stereocenters. The van der Waals surface area contributed by atoms with Crippen molar-refractivity contribution in [3.8, 4) is 5.75 Å². The lowest BCUT2D eigenvalue weighted by atomic mass is 10.2. The highest BCUT2D eigenvalue weighted by Gasteiger charge is 2.29. The molecule has 1 saturated heterocycles. The first kappa shape index (κ1) is 16.7. The third-order valence-electron chi connectivity index (χ3n) is 4.42. The number of ether oxygens (including phenoxy) is 2. The fraction of sp³-hybridized carbons (Fsp3) is 0.444. The maximum atomic E-state index is 5.86. The van der Waals surface area contributed by atoms with Gasteiger partial charge >= 0.3 is 0 Å². The Labute approximate surface area is 151 Å². The molecule has 0 amide bonds. The second kappa shape index (κ2) is 6.87. The zero-order valence-electron chi connectivity index (χ0n) is 15.0. The summed E-state index contributed by atoms with van der Waals surface area (Å²) in [5.74, 6) is 2.88. The summed E-state index contributed by atoms with van der Waals surface area (Å²) in [7, 11) is 1.65. The predicted octanol–water partition coefficient (Wildman–Crippen LogP) is 2.72. The van der Waals surface area contributed by atoms with E-state index in [1.807, 2.05) is 32.0 Å². The van der Waals surface area contributed by atoms with Gasteiger partial charge in [0.15, 0.2) is 6.10 Å². The molecular formula is C18H21N5O3. The summed E-state index contributed by atoms with van der Waals surface area (Å²) in [5, 5.41) is 9.16. The van der Waals surface area contributed by atoms with Crippen LogP contribution in [0.4, 0.5) is 5.82 Å². The summed E-state index contributed by atoms with van der Waals surface area (Å²) in [4.78, 5) is 11.0. The first-order chi connectivity index (χ1) is 12.7. The molecule has 0 bridgehead atoms. The van der Waals surface area contributed by atoms with Gasteiger partial charge in [0.1, 0.15) is 17.9 Å². The predicted molar refractivity (Wildman–Crippen MR) is 95.4 cm³/mol. The highest BCUT2D eigenvalue weighted by Crippen LogP contribution is 2.34. The minimum absolute atomic E-state index is 0.186. The second-order valence-electron chi connectivity index (χ2n) is 6.49. The average molecular weight is 355 g/mol. The number of anilines is 1. The number of fused-ring (bicyclic) bond motifs is 1. The standard InChI is InChI=1S/C18H21N5O3/c1-11(2)17-21-22-18(26-17)14-9-23(7-8-25-14)16-15-12(19-10-20-16)5-4-6-13(15)24-3/h4-6,10-11,14H,7-9H2,1-3H3. The van der Waals surface area contributed by atoms with Crippen LogP contribution in [-0.4, -0.2) is 47.0 Å². The van der Waals surface area contributed by atoms with E-state index >= 15 is 0 Å². The largest absolute Gasteiger partial charge is 0.496 e. The highest BCUT2D eigenvalue weighted by atomic mass is 16.5. The van der Waals surface area contributed by atoms with E-state index in [1.165, 1.54) is 0 Å². The number of hydrogen-bond acceptors (Lipinski definition) is 8. The molecule has 136 valence electrons. The Kier molecular flexibility index (Phi) is 4.42. The second-order valence-corrected chi connectivity index (χ2v) is 6.49. The Hall–Kier alpha value is -2.74. The molecule has 2 aromatic heterocycles. The van der Waals surface area contributed by atoms with Gasteiger partial charge in [-0.25, -0.2) is 9.97 Å². The van der Waals surface area contributed by atoms with Gasteiger partial charge in [0, 0.05) is 12.5 Å². The zero-order chi connectivity index (χ0) is 18.1. The van der Waals surface area contributed by atoms with Crippen LogP contribution in [0.3, 0.4) is 0 Å². The molecule has 26 heavy (non-hydrogen) atoms. The third kappa shape index (κ3) is 2.96. The molecule has 1 aliphatic rings. The van der Waals surface area contributed by atoms with Crippen molar-refractivity contribution in [1.29, 1.82) is 0 Å².